The molecular formula is C41H79N15O15. The van der Waals surface area contributed by atoms with Gasteiger partial charge in [0.15, 0.2) is 0 Å². The molecule has 0 aromatic rings. The summed E-state index contributed by atoms with van der Waals surface area (Å²) in [6.45, 7) is -1.16. The number of primary amides is 1. The second-order valence-corrected chi connectivity index (χ2v) is 16.6. The molecule has 0 unspecified atom stereocenters. The Hall–Kier alpha value is -5.70. The molecule has 0 aliphatic carbocycles. The van der Waals surface area contributed by atoms with E-state index in [0.717, 1.165) is 0 Å². The number of hydrogen-bond donors (Lipinski definition) is 19. The van der Waals surface area contributed by atoms with Crippen LogP contribution in [0.25, 0.3) is 0 Å². The molecule has 0 spiro atoms. The van der Waals surface area contributed by atoms with Gasteiger partial charge in [0.1, 0.15) is 61.0 Å². The van der Waals surface area contributed by atoms with Crippen LogP contribution in [0.5, 0.6) is 0 Å². The lowest BCUT2D eigenvalue weighted by molar-refractivity contribution is -0.134. The summed E-state index contributed by atoms with van der Waals surface area (Å²) in [4.78, 5) is 131. The van der Waals surface area contributed by atoms with E-state index in [2.05, 4.69) is 52.7 Å². The normalized spacial score (nSPS) is 14.8. The summed E-state index contributed by atoms with van der Waals surface area (Å²) in [5.74, 6) is -2.49. The Morgan fingerprint density at radius 3 is 1.10 bits per heavy atom. The number of nitrogens with one attached hydrogen (secondary N) is 9. The van der Waals surface area contributed by atoms with Crippen molar-refractivity contribution in [1.29, 1.82) is 0 Å². The van der Waals surface area contributed by atoms with Gasteiger partial charge in [0.25, 0.3) is 0 Å². The van der Waals surface area contributed by atoms with Crippen molar-refractivity contribution in [3.8, 4) is 0 Å². The molecule has 0 bridgehead atoms. The molecule has 0 radical (unpaired) electrons. The Kier molecular flexibility index (Phi) is 35.0. The first-order valence-electron chi connectivity index (χ1n) is 23.4. The highest BCUT2D eigenvalue weighted by Gasteiger charge is 2.31. The van der Waals surface area contributed by atoms with Crippen molar-refractivity contribution in [3.05, 3.63) is 0 Å². The van der Waals surface area contributed by atoms with Crippen molar-refractivity contribution in [1.82, 2.24) is 47.9 Å². The van der Waals surface area contributed by atoms with Gasteiger partial charge in [0.2, 0.25) is 59.1 Å². The minimum atomic E-state index is -1.41. The van der Waals surface area contributed by atoms with Crippen LogP contribution in [0.2, 0.25) is 0 Å². The van der Waals surface area contributed by atoms with Crippen molar-refractivity contribution < 1.29 is 73.2 Å². The zero-order chi connectivity index (χ0) is 53.9. The molecular weight excluding hydrogens is 943 g/mol. The summed E-state index contributed by atoms with van der Waals surface area (Å²) in [5, 5.41) is 59.7. The summed E-state index contributed by atoms with van der Waals surface area (Å²) in [5.41, 5.74) is 27.8. The van der Waals surface area contributed by atoms with Crippen LogP contribution in [0.15, 0.2) is 0 Å². The third-order valence-electron chi connectivity index (χ3n) is 10.6. The maximum atomic E-state index is 13.8. The van der Waals surface area contributed by atoms with E-state index in [1.807, 2.05) is 0 Å². The molecule has 0 fully saturated rings. The Labute approximate surface area is 411 Å². The van der Waals surface area contributed by atoms with E-state index in [4.69, 9.17) is 44.8 Å². The van der Waals surface area contributed by atoms with Crippen LogP contribution in [0.1, 0.15) is 84.0 Å². The molecule has 0 saturated heterocycles. The molecule has 408 valence electrons. The van der Waals surface area contributed by atoms with Crippen LogP contribution >= 0.6 is 0 Å². The molecule has 0 aromatic carbocycles. The van der Waals surface area contributed by atoms with Gasteiger partial charge in [-0.2, -0.15) is 0 Å². The van der Waals surface area contributed by atoms with E-state index in [0.29, 0.717) is 25.7 Å². The first-order chi connectivity index (χ1) is 33.7. The van der Waals surface area contributed by atoms with Gasteiger partial charge in [-0.1, -0.05) is 0 Å². The molecule has 0 aliphatic heterocycles. The van der Waals surface area contributed by atoms with Gasteiger partial charge in [-0.3, -0.25) is 52.8 Å². The summed E-state index contributed by atoms with van der Waals surface area (Å²) in [6, 6.07) is -11.3. The van der Waals surface area contributed by atoms with Gasteiger partial charge < -0.3 is 96.9 Å². The number of unbranched alkanes of at least 4 members (excludes halogenated alkanes) is 4. The highest BCUT2D eigenvalue weighted by molar-refractivity contribution is 5.95. The molecule has 0 saturated carbocycles. The zero-order valence-corrected chi connectivity index (χ0v) is 40.3. The Balaban J connectivity index is 6.12. The van der Waals surface area contributed by atoms with E-state index in [1.165, 1.54) is 6.92 Å². The predicted octanol–water partition coefficient (Wildman–Crippen LogP) is -9.77. The average Bonchev–Trinajstić information content (AvgIpc) is 3.34. The fourth-order valence-corrected chi connectivity index (χ4v) is 6.20. The number of carbonyl (C=O) groups is 10. The topological polar surface area (TPSA) is 525 Å². The largest absolute Gasteiger partial charge is 0.394 e. The van der Waals surface area contributed by atoms with Crippen LogP contribution in [-0.2, 0) is 52.8 Å². The predicted molar refractivity (Wildman–Crippen MR) is 252 cm³/mol. The van der Waals surface area contributed by atoms with Crippen molar-refractivity contribution in [2.75, 3.05) is 59.2 Å². The van der Waals surface area contributed by atoms with Crippen LogP contribution in [-0.4, -0.2) is 193 Å². The van der Waals surface area contributed by atoms with Crippen LogP contribution < -0.4 is 82.4 Å². The number of nitrogens with two attached hydrogens (primary N) is 6. The van der Waals surface area contributed by atoms with Crippen molar-refractivity contribution in [2.45, 2.75) is 138 Å². The number of aliphatic hydroxyl groups is 4. The molecule has 10 amide bonds. The lowest BCUT2D eigenvalue weighted by Gasteiger charge is -2.26. The van der Waals surface area contributed by atoms with Gasteiger partial charge in [-0.05, 0) is 84.0 Å². The second-order valence-electron chi connectivity index (χ2n) is 16.6. The summed E-state index contributed by atoms with van der Waals surface area (Å²) in [7, 11) is 0. The van der Waals surface area contributed by atoms with Gasteiger partial charge in [0.05, 0.1) is 26.4 Å². The first kappa shape index (κ1) is 65.3. The highest BCUT2D eigenvalue weighted by Crippen LogP contribution is 2.09. The van der Waals surface area contributed by atoms with Crippen molar-refractivity contribution in [2.24, 2.45) is 34.6 Å². The lowest BCUT2D eigenvalue weighted by Crippen LogP contribution is -2.58. The number of amides is 10. The van der Waals surface area contributed by atoms with Gasteiger partial charge >= 0.3 is 0 Å². The van der Waals surface area contributed by atoms with Crippen LogP contribution in [0, 0.1) is 0 Å². The fraction of sp³-hybridized carbons (Fsp3) is 0.756. The van der Waals surface area contributed by atoms with Gasteiger partial charge in [-0.15, -0.1) is 0 Å². The van der Waals surface area contributed by atoms with Gasteiger partial charge in [0, 0.05) is 26.2 Å². The minimum Gasteiger partial charge on any atom is -0.394 e. The quantitative estimate of drug-likeness (QED) is 0.0200. The molecule has 71 heavy (non-hydrogen) atoms. The summed E-state index contributed by atoms with van der Waals surface area (Å²) in [6.07, 6.45) is 2.30. The molecule has 30 heteroatoms. The number of rotatable bonds is 40. The third kappa shape index (κ3) is 28.7. The third-order valence-corrected chi connectivity index (χ3v) is 10.6. The molecule has 0 rings (SSSR count). The Morgan fingerprint density at radius 2 is 0.718 bits per heavy atom. The van der Waals surface area contributed by atoms with Crippen LogP contribution in [0.4, 0.5) is 0 Å². The molecule has 0 aromatic heterocycles. The molecule has 9 atom stereocenters. The van der Waals surface area contributed by atoms with Gasteiger partial charge in [-0.25, -0.2) is 5.90 Å². The Morgan fingerprint density at radius 1 is 0.408 bits per heavy atom. The summed E-state index contributed by atoms with van der Waals surface area (Å²) >= 11 is 0. The number of hydrogen-bond acceptors (Lipinski definition) is 20. The maximum absolute atomic E-state index is 13.8. The molecule has 25 N–H and O–H groups in total. The molecule has 0 aliphatic rings. The number of aliphatic hydroxyl groups excluding tert-OH is 4. The highest BCUT2D eigenvalue weighted by atomic mass is 16.6. The first-order valence-corrected chi connectivity index (χ1v) is 23.4. The standard InChI is InChI=1S/C41H79N15O15/c1-23(34(63)53-28(33(46)62)10-2-6-14-48-32(61)22-71-47)52-40(69)30(56-41(70)31(55-38(67)27(45)21-60)13-4-8-16-50-36(65)25(43)19-58)12-5-9-17-51-39(68)29(54-37(66)26(44)20-59)11-3-7-15-49-35(64)24(42)18-57/h23-31,57-60H,2-22,42-45,47H2,1H3,(H2,46,62)(H,48,61)(H,49,64)(H,50,65)(H,51,68)(H,52,69)(H,53,63)(H,54,66)(H,55,67)(H,56,70)/t23-,24-,25-,26-,27-,28-,29-,30-,31-/m0/s1. The monoisotopic (exact) mass is 1020 g/mol. The van der Waals surface area contributed by atoms with Crippen molar-refractivity contribution in [3.63, 3.8) is 0 Å². The van der Waals surface area contributed by atoms with Crippen molar-refractivity contribution >= 4 is 59.1 Å². The van der Waals surface area contributed by atoms with Crippen LogP contribution in [0.3, 0.4) is 0 Å². The smallest absolute Gasteiger partial charge is 0.248 e. The Bertz CT molecular complexity index is 1680. The average molecular weight is 1020 g/mol. The maximum Gasteiger partial charge on any atom is 0.248 e. The molecule has 30 nitrogen and oxygen atoms in total. The summed E-state index contributed by atoms with van der Waals surface area (Å²) < 4.78 is 0. The SMILES string of the molecule is C[C@H](NC(=O)[C@H](CCCCNC(=O)[C@H](CCCCNC(=O)[C@@H](N)CO)NC(=O)[C@@H](N)CO)NC(=O)[C@H](CCCCNC(=O)[C@@H](N)CO)NC(=O)[C@@H](N)CO)C(=O)N[C@@H](CCCCNC(=O)CON)C(N)=O. The van der Waals surface area contributed by atoms with E-state index in [9.17, 15) is 58.2 Å². The van der Waals surface area contributed by atoms with E-state index >= 15 is 0 Å². The van der Waals surface area contributed by atoms with E-state index < -0.39 is 140 Å². The number of carbonyl (C=O) groups excluding carboxylic acids is 10. The second kappa shape index (κ2) is 38.0. The van der Waals surface area contributed by atoms with E-state index in [1.54, 1.807) is 0 Å². The zero-order valence-electron chi connectivity index (χ0n) is 40.3. The van der Waals surface area contributed by atoms with E-state index in [-0.39, 0.29) is 84.2 Å². The minimum absolute atomic E-state index is 0.00603. The fourth-order valence-electron chi connectivity index (χ4n) is 6.20. The lowest BCUT2D eigenvalue weighted by atomic mass is 10.0. The molecule has 0 heterocycles.